The van der Waals surface area contributed by atoms with Gasteiger partial charge in [0.2, 0.25) is 0 Å². The summed E-state index contributed by atoms with van der Waals surface area (Å²) >= 11 is 0. The summed E-state index contributed by atoms with van der Waals surface area (Å²) in [7, 11) is 0. The molecule has 25 heavy (non-hydrogen) atoms. The number of benzene rings is 2. The molecular weight excluding hydrogens is 328 g/mol. The van der Waals surface area contributed by atoms with E-state index in [-0.39, 0.29) is 11.1 Å². The molecule has 0 saturated heterocycles. The molecule has 2 N–H and O–H groups in total. The summed E-state index contributed by atoms with van der Waals surface area (Å²) in [6.07, 6.45) is 0. The number of ether oxygens (including phenoxy) is 3. The average Bonchev–Trinajstić information content (AvgIpc) is 2.61. The van der Waals surface area contributed by atoms with Gasteiger partial charge in [0.1, 0.15) is 24.7 Å². The number of hydrogen-bond donors (Lipinski definition) is 2. The van der Waals surface area contributed by atoms with Gasteiger partial charge < -0.3 is 24.4 Å². The Bertz CT molecular complexity index is 631. The third kappa shape index (κ3) is 6.15. The third-order valence-corrected chi connectivity index (χ3v) is 3.20. The maximum atomic E-state index is 10.7. The van der Waals surface area contributed by atoms with Crippen LogP contribution in [0.4, 0.5) is 0 Å². The van der Waals surface area contributed by atoms with E-state index in [9.17, 15) is 9.59 Å². The Hall–Kier alpha value is -3.06. The van der Waals surface area contributed by atoms with Crippen molar-refractivity contribution in [2.75, 3.05) is 26.4 Å². The van der Waals surface area contributed by atoms with Gasteiger partial charge in [0.15, 0.2) is 0 Å². The van der Waals surface area contributed by atoms with Crippen LogP contribution in [-0.2, 0) is 4.74 Å². The van der Waals surface area contributed by atoms with Crippen LogP contribution < -0.4 is 9.47 Å². The standard InChI is InChI=1S/C18H18O7/c19-17(20)13-1-5-15(6-2-13)24-11-9-23-10-12-25-16-7-3-14(4-8-16)18(21)22/h1-8H,9-12H2,(H,19,20)(H,21,22). The molecule has 0 radical (unpaired) electrons. The van der Waals surface area contributed by atoms with E-state index in [0.717, 1.165) is 0 Å². The number of carboxylic acids is 2. The molecule has 0 amide bonds. The molecule has 132 valence electrons. The Morgan fingerprint density at radius 1 is 0.640 bits per heavy atom. The predicted molar refractivity (Wildman–Crippen MR) is 88.6 cm³/mol. The van der Waals surface area contributed by atoms with E-state index in [1.165, 1.54) is 24.3 Å². The fourth-order valence-corrected chi connectivity index (χ4v) is 1.93. The molecule has 2 aromatic rings. The predicted octanol–water partition coefficient (Wildman–Crippen LogP) is 2.56. The highest BCUT2D eigenvalue weighted by Crippen LogP contribution is 2.13. The quantitative estimate of drug-likeness (QED) is 0.637. The van der Waals surface area contributed by atoms with Crippen molar-refractivity contribution >= 4 is 11.9 Å². The van der Waals surface area contributed by atoms with Crippen LogP contribution in [0.5, 0.6) is 11.5 Å². The van der Waals surface area contributed by atoms with E-state index in [1.54, 1.807) is 24.3 Å². The lowest BCUT2D eigenvalue weighted by atomic mass is 10.2. The second kappa shape index (κ2) is 9.29. The number of carboxylic acid groups (broad SMARTS) is 2. The lowest BCUT2D eigenvalue weighted by Gasteiger charge is -2.09. The first-order valence-electron chi connectivity index (χ1n) is 7.56. The van der Waals surface area contributed by atoms with Gasteiger partial charge in [0.25, 0.3) is 0 Å². The summed E-state index contributed by atoms with van der Waals surface area (Å²) in [4.78, 5) is 21.4. The number of carbonyl (C=O) groups is 2. The summed E-state index contributed by atoms with van der Waals surface area (Å²) in [5, 5.41) is 17.6. The van der Waals surface area contributed by atoms with Gasteiger partial charge >= 0.3 is 11.9 Å². The van der Waals surface area contributed by atoms with E-state index >= 15 is 0 Å². The maximum Gasteiger partial charge on any atom is 0.335 e. The molecule has 0 unspecified atom stereocenters. The lowest BCUT2D eigenvalue weighted by Crippen LogP contribution is -2.12. The van der Waals surface area contributed by atoms with E-state index < -0.39 is 11.9 Å². The van der Waals surface area contributed by atoms with Crippen molar-refractivity contribution in [1.82, 2.24) is 0 Å². The van der Waals surface area contributed by atoms with Crippen molar-refractivity contribution in [2.45, 2.75) is 0 Å². The molecule has 0 aliphatic heterocycles. The molecule has 0 aromatic heterocycles. The van der Waals surface area contributed by atoms with Crippen molar-refractivity contribution in [3.63, 3.8) is 0 Å². The monoisotopic (exact) mass is 346 g/mol. The molecule has 0 aliphatic carbocycles. The average molecular weight is 346 g/mol. The molecule has 7 heteroatoms. The molecule has 0 bridgehead atoms. The summed E-state index contributed by atoms with van der Waals surface area (Å²) in [5.41, 5.74) is 0.411. The van der Waals surface area contributed by atoms with Crippen molar-refractivity contribution < 1.29 is 34.0 Å². The van der Waals surface area contributed by atoms with Crippen molar-refractivity contribution in [3.8, 4) is 11.5 Å². The highest BCUT2D eigenvalue weighted by atomic mass is 16.5. The first-order valence-corrected chi connectivity index (χ1v) is 7.56. The van der Waals surface area contributed by atoms with Gasteiger partial charge in [-0.25, -0.2) is 9.59 Å². The molecule has 0 fully saturated rings. The summed E-state index contributed by atoms with van der Waals surface area (Å²) < 4.78 is 16.2. The Labute approximate surface area is 144 Å². The second-order valence-electron chi connectivity index (χ2n) is 4.97. The topological polar surface area (TPSA) is 102 Å². The minimum atomic E-state index is -0.979. The molecule has 7 nitrogen and oxygen atoms in total. The zero-order valence-electron chi connectivity index (χ0n) is 13.4. The minimum absolute atomic E-state index is 0.206. The van der Waals surface area contributed by atoms with Crippen LogP contribution in [0, 0.1) is 0 Å². The van der Waals surface area contributed by atoms with Crippen molar-refractivity contribution in [1.29, 1.82) is 0 Å². The van der Waals surface area contributed by atoms with Crippen LogP contribution in [-0.4, -0.2) is 48.6 Å². The largest absolute Gasteiger partial charge is 0.491 e. The second-order valence-corrected chi connectivity index (χ2v) is 4.97. The fraction of sp³-hybridized carbons (Fsp3) is 0.222. The maximum absolute atomic E-state index is 10.7. The van der Waals surface area contributed by atoms with E-state index in [0.29, 0.717) is 37.9 Å². The zero-order chi connectivity index (χ0) is 18.1. The van der Waals surface area contributed by atoms with E-state index in [1.807, 2.05) is 0 Å². The highest BCUT2D eigenvalue weighted by molar-refractivity contribution is 5.88. The van der Waals surface area contributed by atoms with Crippen LogP contribution in [0.25, 0.3) is 0 Å². The summed E-state index contributed by atoms with van der Waals surface area (Å²) in [5.74, 6) is -0.813. The first kappa shape index (κ1) is 18.3. The number of rotatable bonds is 10. The third-order valence-electron chi connectivity index (χ3n) is 3.20. The number of aromatic carboxylic acids is 2. The minimum Gasteiger partial charge on any atom is -0.491 e. The van der Waals surface area contributed by atoms with Crippen LogP contribution >= 0.6 is 0 Å². The Morgan fingerprint density at radius 3 is 1.32 bits per heavy atom. The Morgan fingerprint density at radius 2 is 1.00 bits per heavy atom. The molecule has 0 saturated carbocycles. The molecule has 0 atom stereocenters. The van der Waals surface area contributed by atoms with Gasteiger partial charge in [0.05, 0.1) is 24.3 Å². The van der Waals surface area contributed by atoms with E-state index in [4.69, 9.17) is 24.4 Å². The van der Waals surface area contributed by atoms with E-state index in [2.05, 4.69) is 0 Å². The molecule has 2 aromatic carbocycles. The smallest absolute Gasteiger partial charge is 0.335 e. The lowest BCUT2D eigenvalue weighted by molar-refractivity contribution is 0.0686. The van der Waals surface area contributed by atoms with Gasteiger partial charge in [-0.3, -0.25) is 0 Å². The Kier molecular flexibility index (Phi) is 6.79. The Balaban J connectivity index is 1.57. The molecule has 0 spiro atoms. The van der Waals surface area contributed by atoms with Gasteiger partial charge in [-0.05, 0) is 48.5 Å². The van der Waals surface area contributed by atoms with Crippen molar-refractivity contribution in [2.24, 2.45) is 0 Å². The van der Waals surface area contributed by atoms with Crippen LogP contribution in [0.2, 0.25) is 0 Å². The van der Waals surface area contributed by atoms with Crippen LogP contribution in [0.1, 0.15) is 20.7 Å². The fourth-order valence-electron chi connectivity index (χ4n) is 1.93. The summed E-state index contributed by atoms with van der Waals surface area (Å²) in [6, 6.07) is 12.3. The van der Waals surface area contributed by atoms with Gasteiger partial charge in [0, 0.05) is 0 Å². The molecule has 2 rings (SSSR count). The van der Waals surface area contributed by atoms with Gasteiger partial charge in [-0.15, -0.1) is 0 Å². The number of hydrogen-bond acceptors (Lipinski definition) is 5. The first-order chi connectivity index (χ1) is 12.1. The summed E-state index contributed by atoms with van der Waals surface area (Å²) in [6.45, 7) is 1.39. The zero-order valence-corrected chi connectivity index (χ0v) is 13.4. The SMILES string of the molecule is O=C(O)c1ccc(OCCOCCOc2ccc(C(=O)O)cc2)cc1. The molecular formula is C18H18O7. The van der Waals surface area contributed by atoms with Crippen LogP contribution in [0.3, 0.4) is 0 Å². The normalized spacial score (nSPS) is 10.2. The van der Waals surface area contributed by atoms with Gasteiger partial charge in [-0.2, -0.15) is 0 Å². The molecule has 0 heterocycles. The van der Waals surface area contributed by atoms with Gasteiger partial charge in [-0.1, -0.05) is 0 Å². The van der Waals surface area contributed by atoms with Crippen molar-refractivity contribution in [3.05, 3.63) is 59.7 Å². The molecule has 0 aliphatic rings. The van der Waals surface area contributed by atoms with Crippen LogP contribution in [0.15, 0.2) is 48.5 Å². The highest BCUT2D eigenvalue weighted by Gasteiger charge is 2.03.